The Hall–Kier alpha value is -1.42. The molecule has 2 aromatic rings. The number of hydrogen-bond acceptors (Lipinski definition) is 3. The van der Waals surface area contributed by atoms with Gasteiger partial charge in [0.05, 0.1) is 0 Å². The Morgan fingerprint density at radius 2 is 1.13 bits per heavy atom. The van der Waals surface area contributed by atoms with Crippen LogP contribution >= 0.6 is 24.0 Å². The maximum atomic E-state index is 5.86. The summed E-state index contributed by atoms with van der Waals surface area (Å²) in [5, 5.41) is 0. The van der Waals surface area contributed by atoms with Crippen molar-refractivity contribution in [1.29, 1.82) is 0 Å². The topological polar surface area (TPSA) is 21.7 Å². The van der Waals surface area contributed by atoms with Gasteiger partial charge in [0.1, 0.15) is 24.7 Å². The Kier molecular flexibility index (Phi) is 10.3. The van der Waals surface area contributed by atoms with Crippen molar-refractivity contribution < 1.29 is 9.47 Å². The van der Waals surface area contributed by atoms with Gasteiger partial charge in [-0.05, 0) is 24.3 Å². The second-order valence-electron chi connectivity index (χ2n) is 4.85. The van der Waals surface area contributed by atoms with Crippen LogP contribution in [-0.4, -0.2) is 43.6 Å². The molecule has 126 valence electrons. The fourth-order valence-corrected chi connectivity index (χ4v) is 2.31. The monoisotopic (exact) mass is 355 g/mol. The van der Waals surface area contributed by atoms with Gasteiger partial charge in [-0.1, -0.05) is 36.4 Å². The molecule has 23 heavy (non-hydrogen) atoms. The van der Waals surface area contributed by atoms with Crippen molar-refractivity contribution in [3.8, 4) is 11.5 Å². The molecule has 0 aliphatic carbocycles. The predicted octanol–water partition coefficient (Wildman–Crippen LogP) is 4.11. The molecule has 0 bridgehead atoms. The SMILES string of the molecule is Cl.ClCCN(CCOc1ccccc1)CCOc1ccccc1. The highest BCUT2D eigenvalue weighted by molar-refractivity contribution is 6.18. The molecule has 5 heteroatoms. The van der Waals surface area contributed by atoms with E-state index in [9.17, 15) is 0 Å². The van der Waals surface area contributed by atoms with E-state index in [1.54, 1.807) is 0 Å². The zero-order chi connectivity index (χ0) is 15.5. The second-order valence-corrected chi connectivity index (χ2v) is 5.23. The van der Waals surface area contributed by atoms with E-state index >= 15 is 0 Å². The van der Waals surface area contributed by atoms with Gasteiger partial charge in [0.25, 0.3) is 0 Å². The van der Waals surface area contributed by atoms with Crippen molar-refractivity contribution in [3.05, 3.63) is 60.7 Å². The molecule has 0 fully saturated rings. The molecule has 0 amide bonds. The molecule has 0 unspecified atom stereocenters. The van der Waals surface area contributed by atoms with Crippen LogP contribution in [0.15, 0.2) is 60.7 Å². The summed E-state index contributed by atoms with van der Waals surface area (Å²) >= 11 is 5.86. The smallest absolute Gasteiger partial charge is 0.119 e. The summed E-state index contributed by atoms with van der Waals surface area (Å²) in [5.74, 6) is 2.40. The molecule has 2 rings (SSSR count). The number of halogens is 2. The van der Waals surface area contributed by atoms with E-state index in [4.69, 9.17) is 21.1 Å². The van der Waals surface area contributed by atoms with Crippen LogP contribution in [0.5, 0.6) is 11.5 Å². The third kappa shape index (κ3) is 8.12. The van der Waals surface area contributed by atoms with E-state index in [-0.39, 0.29) is 12.4 Å². The van der Waals surface area contributed by atoms with Crippen molar-refractivity contribution >= 4 is 24.0 Å². The molecule has 0 aliphatic heterocycles. The first kappa shape index (κ1) is 19.6. The number of benzene rings is 2. The van der Waals surface area contributed by atoms with Crippen molar-refractivity contribution in [1.82, 2.24) is 4.90 Å². The maximum absolute atomic E-state index is 5.86. The van der Waals surface area contributed by atoms with Gasteiger partial charge >= 0.3 is 0 Å². The number of para-hydroxylation sites is 2. The highest BCUT2D eigenvalue weighted by atomic mass is 35.5. The lowest BCUT2D eigenvalue weighted by Crippen LogP contribution is -2.34. The molecule has 0 aliphatic rings. The zero-order valence-corrected chi connectivity index (χ0v) is 14.6. The molecule has 0 aromatic heterocycles. The minimum absolute atomic E-state index is 0. The van der Waals surface area contributed by atoms with Gasteiger partial charge in [0.15, 0.2) is 0 Å². The van der Waals surface area contributed by atoms with E-state index in [2.05, 4.69) is 4.90 Å². The van der Waals surface area contributed by atoms with Gasteiger partial charge in [-0.15, -0.1) is 24.0 Å². The lowest BCUT2D eigenvalue weighted by atomic mass is 10.3. The summed E-state index contributed by atoms with van der Waals surface area (Å²) in [6.07, 6.45) is 0. The van der Waals surface area contributed by atoms with E-state index in [1.807, 2.05) is 60.7 Å². The fourth-order valence-electron chi connectivity index (χ4n) is 2.07. The number of alkyl halides is 1. The Morgan fingerprint density at radius 3 is 1.52 bits per heavy atom. The number of rotatable bonds is 10. The Balaban J connectivity index is 0.00000264. The second kappa shape index (κ2) is 12.1. The Morgan fingerprint density at radius 1 is 0.696 bits per heavy atom. The number of ether oxygens (including phenoxy) is 2. The Bertz CT molecular complexity index is 465. The van der Waals surface area contributed by atoms with Crippen LogP contribution in [0.2, 0.25) is 0 Å². The first-order chi connectivity index (χ1) is 10.9. The largest absolute Gasteiger partial charge is 0.492 e. The Labute approximate surface area is 149 Å². The normalized spacial score (nSPS) is 10.2. The van der Waals surface area contributed by atoms with E-state index in [0.29, 0.717) is 19.1 Å². The first-order valence-electron chi connectivity index (χ1n) is 7.52. The minimum Gasteiger partial charge on any atom is -0.492 e. The van der Waals surface area contributed by atoms with Crippen LogP contribution in [0.1, 0.15) is 0 Å². The molecule has 0 heterocycles. The summed E-state index contributed by atoms with van der Waals surface area (Å²) in [5.41, 5.74) is 0. The molecule has 3 nitrogen and oxygen atoms in total. The van der Waals surface area contributed by atoms with Crippen LogP contribution in [-0.2, 0) is 0 Å². The average Bonchev–Trinajstić information content (AvgIpc) is 2.57. The summed E-state index contributed by atoms with van der Waals surface area (Å²) in [7, 11) is 0. The van der Waals surface area contributed by atoms with Crippen LogP contribution in [0, 0.1) is 0 Å². The molecule has 0 atom stereocenters. The lowest BCUT2D eigenvalue weighted by molar-refractivity contribution is 0.183. The van der Waals surface area contributed by atoms with Crippen LogP contribution < -0.4 is 9.47 Å². The van der Waals surface area contributed by atoms with Gasteiger partial charge in [-0.3, -0.25) is 4.90 Å². The fraction of sp³-hybridized carbons (Fsp3) is 0.333. The van der Waals surface area contributed by atoms with Crippen LogP contribution in [0.25, 0.3) is 0 Å². The predicted molar refractivity (Wildman–Crippen MR) is 98.3 cm³/mol. The third-order valence-electron chi connectivity index (χ3n) is 3.24. The summed E-state index contributed by atoms with van der Waals surface area (Å²) < 4.78 is 11.4. The first-order valence-corrected chi connectivity index (χ1v) is 8.06. The van der Waals surface area contributed by atoms with E-state index in [1.165, 1.54) is 0 Å². The molecule has 2 aromatic carbocycles. The molecule has 0 N–H and O–H groups in total. The highest BCUT2D eigenvalue weighted by Gasteiger charge is 2.05. The molecular formula is C18H23Cl2NO2. The maximum Gasteiger partial charge on any atom is 0.119 e. The standard InChI is InChI=1S/C18H22ClNO2.ClH/c19-11-12-20(13-15-21-17-7-3-1-4-8-17)14-16-22-18-9-5-2-6-10-18;/h1-10H,11-16H2;1H. The number of nitrogens with zero attached hydrogens (tertiary/aromatic N) is 1. The van der Waals surface area contributed by atoms with Gasteiger partial charge < -0.3 is 9.47 Å². The average molecular weight is 356 g/mol. The molecule has 0 spiro atoms. The minimum atomic E-state index is 0. The summed E-state index contributed by atoms with van der Waals surface area (Å²) in [6.45, 7) is 3.79. The third-order valence-corrected chi connectivity index (χ3v) is 3.41. The van der Waals surface area contributed by atoms with Gasteiger partial charge in [-0.25, -0.2) is 0 Å². The lowest BCUT2D eigenvalue weighted by Gasteiger charge is -2.21. The molecule has 0 saturated heterocycles. The van der Waals surface area contributed by atoms with Crippen molar-refractivity contribution in [3.63, 3.8) is 0 Å². The van der Waals surface area contributed by atoms with Crippen LogP contribution in [0.4, 0.5) is 0 Å². The summed E-state index contributed by atoms with van der Waals surface area (Å²) in [6, 6.07) is 19.7. The van der Waals surface area contributed by atoms with Crippen molar-refractivity contribution in [2.24, 2.45) is 0 Å². The van der Waals surface area contributed by atoms with Crippen molar-refractivity contribution in [2.75, 3.05) is 38.7 Å². The van der Waals surface area contributed by atoms with Gasteiger partial charge in [0.2, 0.25) is 0 Å². The molecule has 0 radical (unpaired) electrons. The van der Waals surface area contributed by atoms with Crippen LogP contribution in [0.3, 0.4) is 0 Å². The van der Waals surface area contributed by atoms with E-state index in [0.717, 1.165) is 31.1 Å². The number of hydrogen-bond donors (Lipinski definition) is 0. The summed E-state index contributed by atoms with van der Waals surface area (Å²) in [4.78, 5) is 2.25. The quantitative estimate of drug-likeness (QED) is 0.598. The highest BCUT2D eigenvalue weighted by Crippen LogP contribution is 2.09. The van der Waals surface area contributed by atoms with Gasteiger partial charge in [0, 0.05) is 25.5 Å². The molecule has 0 saturated carbocycles. The van der Waals surface area contributed by atoms with E-state index < -0.39 is 0 Å². The van der Waals surface area contributed by atoms with Crippen molar-refractivity contribution in [2.45, 2.75) is 0 Å². The zero-order valence-electron chi connectivity index (χ0n) is 13.1. The molecular weight excluding hydrogens is 333 g/mol. The van der Waals surface area contributed by atoms with Gasteiger partial charge in [-0.2, -0.15) is 0 Å².